The second-order valence-corrected chi connectivity index (χ2v) is 5.39. The topological polar surface area (TPSA) is 63.3 Å². The van der Waals surface area contributed by atoms with Gasteiger partial charge in [0.05, 0.1) is 38.2 Å². The van der Waals surface area contributed by atoms with Gasteiger partial charge in [0, 0.05) is 13.5 Å². The minimum absolute atomic E-state index is 0.0737. The van der Waals surface area contributed by atoms with E-state index in [4.69, 9.17) is 14.5 Å². The van der Waals surface area contributed by atoms with E-state index in [1.54, 1.807) is 24.3 Å². The predicted octanol–water partition coefficient (Wildman–Crippen LogP) is 1.82. The van der Waals surface area contributed by atoms with Crippen LogP contribution in [0.5, 0.6) is 0 Å². The van der Waals surface area contributed by atoms with Crippen LogP contribution in [0.4, 0.5) is 11.4 Å². The standard InChI is InChI=1S/C16H25N3O4/c1-5-12-6-8-14(15(10-12)18(2)21-3)19(22-4)13-7-9-16(20)17-23-11-13/h6,8,10,13H,5,7,9,11H2,1-4H3,(H,17,20). The van der Waals surface area contributed by atoms with Gasteiger partial charge in [-0.3, -0.25) is 24.4 Å². The molecule has 1 N–H and O–H groups in total. The summed E-state index contributed by atoms with van der Waals surface area (Å²) in [7, 11) is 5.09. The molecule has 0 radical (unpaired) electrons. The van der Waals surface area contributed by atoms with Crippen LogP contribution in [0.15, 0.2) is 18.2 Å². The number of amides is 1. The maximum absolute atomic E-state index is 11.5. The Morgan fingerprint density at radius 1 is 1.30 bits per heavy atom. The van der Waals surface area contributed by atoms with Crippen molar-refractivity contribution in [2.75, 3.05) is 38.0 Å². The van der Waals surface area contributed by atoms with Gasteiger partial charge >= 0.3 is 0 Å². The molecule has 128 valence electrons. The highest BCUT2D eigenvalue weighted by molar-refractivity contribution is 5.75. The van der Waals surface area contributed by atoms with E-state index in [0.29, 0.717) is 19.4 Å². The van der Waals surface area contributed by atoms with Crippen molar-refractivity contribution in [2.24, 2.45) is 0 Å². The van der Waals surface area contributed by atoms with Gasteiger partial charge in [0.25, 0.3) is 0 Å². The van der Waals surface area contributed by atoms with Crippen LogP contribution >= 0.6 is 0 Å². The zero-order valence-corrected chi connectivity index (χ0v) is 14.2. The molecule has 2 rings (SSSR count). The van der Waals surface area contributed by atoms with E-state index in [1.807, 2.05) is 13.1 Å². The van der Waals surface area contributed by atoms with E-state index >= 15 is 0 Å². The second kappa shape index (κ2) is 8.14. The van der Waals surface area contributed by atoms with E-state index in [9.17, 15) is 4.79 Å². The Morgan fingerprint density at radius 2 is 2.09 bits per heavy atom. The monoisotopic (exact) mass is 323 g/mol. The molecule has 0 aliphatic carbocycles. The molecule has 0 aromatic heterocycles. The molecule has 1 atom stereocenters. The Balaban J connectivity index is 2.34. The molecule has 0 saturated carbocycles. The number of carbonyl (C=O) groups is 1. The van der Waals surface area contributed by atoms with E-state index in [0.717, 1.165) is 17.8 Å². The Bertz CT molecular complexity index is 538. The van der Waals surface area contributed by atoms with Crippen molar-refractivity contribution in [3.8, 4) is 0 Å². The van der Waals surface area contributed by atoms with Gasteiger partial charge in [-0.2, -0.15) is 0 Å². The maximum atomic E-state index is 11.5. The van der Waals surface area contributed by atoms with E-state index in [1.165, 1.54) is 5.56 Å². The van der Waals surface area contributed by atoms with Crippen LogP contribution in [0.1, 0.15) is 25.3 Å². The summed E-state index contributed by atoms with van der Waals surface area (Å²) in [6.45, 7) is 2.46. The lowest BCUT2D eigenvalue weighted by molar-refractivity contribution is -0.131. The van der Waals surface area contributed by atoms with Crippen molar-refractivity contribution in [2.45, 2.75) is 32.2 Å². The predicted molar refractivity (Wildman–Crippen MR) is 87.8 cm³/mol. The number of hydroxylamine groups is 3. The first kappa shape index (κ1) is 17.5. The molecule has 1 aromatic carbocycles. The number of nitrogens with one attached hydrogen (secondary N) is 1. The molecule has 1 amide bonds. The van der Waals surface area contributed by atoms with Gasteiger partial charge in [-0.15, -0.1) is 0 Å². The highest BCUT2D eigenvalue weighted by Gasteiger charge is 2.26. The van der Waals surface area contributed by atoms with E-state index < -0.39 is 0 Å². The zero-order valence-electron chi connectivity index (χ0n) is 14.2. The molecular weight excluding hydrogens is 298 g/mol. The number of anilines is 2. The van der Waals surface area contributed by atoms with Crippen LogP contribution in [-0.4, -0.2) is 39.8 Å². The van der Waals surface area contributed by atoms with Gasteiger partial charge in [-0.1, -0.05) is 13.0 Å². The van der Waals surface area contributed by atoms with Gasteiger partial charge in [-0.25, -0.2) is 10.5 Å². The lowest BCUT2D eigenvalue weighted by Gasteiger charge is -2.33. The van der Waals surface area contributed by atoms with Crippen LogP contribution in [0, 0.1) is 0 Å². The number of rotatable bonds is 6. The normalized spacial score (nSPS) is 18.3. The Labute approximate surface area is 137 Å². The van der Waals surface area contributed by atoms with Crippen molar-refractivity contribution in [3.05, 3.63) is 23.8 Å². The number of carbonyl (C=O) groups excluding carboxylic acids is 1. The Kier molecular flexibility index (Phi) is 6.20. The minimum atomic E-state index is -0.112. The summed E-state index contributed by atoms with van der Waals surface area (Å²) < 4.78 is 0. The van der Waals surface area contributed by atoms with Crippen LogP contribution < -0.4 is 15.6 Å². The molecule has 23 heavy (non-hydrogen) atoms. The number of benzene rings is 1. The molecule has 1 aliphatic rings. The fourth-order valence-corrected chi connectivity index (χ4v) is 2.61. The zero-order chi connectivity index (χ0) is 16.8. The minimum Gasteiger partial charge on any atom is -0.277 e. The average Bonchev–Trinajstić information content (AvgIpc) is 2.80. The van der Waals surface area contributed by atoms with Crippen molar-refractivity contribution < 1.29 is 19.3 Å². The summed E-state index contributed by atoms with van der Waals surface area (Å²) >= 11 is 0. The molecule has 1 aromatic rings. The molecule has 1 fully saturated rings. The SMILES string of the molecule is CCc1ccc(N(OC)C2CCC(=O)NOC2)c(N(C)OC)c1. The lowest BCUT2D eigenvalue weighted by atomic mass is 10.1. The molecule has 7 heteroatoms. The van der Waals surface area contributed by atoms with Crippen molar-refractivity contribution in [1.82, 2.24) is 5.48 Å². The molecule has 1 unspecified atom stereocenters. The van der Waals surface area contributed by atoms with Gasteiger partial charge in [0.15, 0.2) is 0 Å². The molecular formula is C16H25N3O4. The third-order valence-electron chi connectivity index (χ3n) is 3.99. The quantitative estimate of drug-likeness (QED) is 0.806. The van der Waals surface area contributed by atoms with Gasteiger partial charge in [0.1, 0.15) is 0 Å². The number of aryl methyl sites for hydroxylation is 1. The summed E-state index contributed by atoms with van der Waals surface area (Å²) in [6, 6.07) is 6.07. The molecule has 1 aliphatic heterocycles. The largest absolute Gasteiger partial charge is 0.277 e. The van der Waals surface area contributed by atoms with Crippen molar-refractivity contribution >= 4 is 17.3 Å². The lowest BCUT2D eigenvalue weighted by Crippen LogP contribution is -2.38. The molecule has 1 saturated heterocycles. The summed E-state index contributed by atoms with van der Waals surface area (Å²) in [6.07, 6.45) is 1.97. The Hall–Kier alpha value is -1.83. The second-order valence-electron chi connectivity index (χ2n) is 5.39. The molecule has 7 nitrogen and oxygen atoms in total. The van der Waals surface area contributed by atoms with Crippen LogP contribution in [0.3, 0.4) is 0 Å². The highest BCUT2D eigenvalue weighted by atomic mass is 16.7. The smallest absolute Gasteiger partial charge is 0.243 e. The number of nitrogens with zero attached hydrogens (tertiary/aromatic N) is 2. The first-order valence-corrected chi connectivity index (χ1v) is 7.75. The molecule has 0 bridgehead atoms. The Morgan fingerprint density at radius 3 is 2.74 bits per heavy atom. The summed E-state index contributed by atoms with van der Waals surface area (Å²) in [5.74, 6) is -0.112. The summed E-state index contributed by atoms with van der Waals surface area (Å²) in [4.78, 5) is 27.6. The van der Waals surface area contributed by atoms with Gasteiger partial charge < -0.3 is 0 Å². The van der Waals surface area contributed by atoms with Crippen LogP contribution in [-0.2, 0) is 25.7 Å². The fourth-order valence-electron chi connectivity index (χ4n) is 2.61. The van der Waals surface area contributed by atoms with Crippen molar-refractivity contribution in [3.63, 3.8) is 0 Å². The van der Waals surface area contributed by atoms with E-state index in [2.05, 4.69) is 24.5 Å². The first-order chi connectivity index (χ1) is 11.1. The maximum Gasteiger partial charge on any atom is 0.243 e. The number of hydrogen-bond acceptors (Lipinski definition) is 6. The molecule has 1 heterocycles. The van der Waals surface area contributed by atoms with Crippen molar-refractivity contribution in [1.29, 1.82) is 0 Å². The number of hydrogen-bond donors (Lipinski definition) is 1. The van der Waals surface area contributed by atoms with Crippen LogP contribution in [0.2, 0.25) is 0 Å². The van der Waals surface area contributed by atoms with Gasteiger partial charge in [-0.05, 0) is 30.5 Å². The highest BCUT2D eigenvalue weighted by Crippen LogP contribution is 2.33. The third-order valence-corrected chi connectivity index (χ3v) is 3.99. The fraction of sp³-hybridized carbons (Fsp3) is 0.562. The third kappa shape index (κ3) is 4.13. The summed E-state index contributed by atoms with van der Waals surface area (Å²) in [5, 5.41) is 3.48. The summed E-state index contributed by atoms with van der Waals surface area (Å²) in [5.41, 5.74) is 5.39. The van der Waals surface area contributed by atoms with Gasteiger partial charge in [0.2, 0.25) is 5.91 Å². The van der Waals surface area contributed by atoms with Crippen LogP contribution in [0.25, 0.3) is 0 Å². The average molecular weight is 323 g/mol. The molecule has 0 spiro atoms. The van der Waals surface area contributed by atoms with E-state index in [-0.39, 0.29) is 11.9 Å². The first-order valence-electron chi connectivity index (χ1n) is 7.75.